The molecule has 0 bridgehead atoms. The van der Waals surface area contributed by atoms with Crippen molar-refractivity contribution >= 4 is 0 Å². The van der Waals surface area contributed by atoms with Crippen molar-refractivity contribution in [1.29, 1.82) is 0 Å². The second kappa shape index (κ2) is 7.48. The van der Waals surface area contributed by atoms with Gasteiger partial charge in [-0.3, -0.25) is 0 Å². The third kappa shape index (κ3) is 5.19. The van der Waals surface area contributed by atoms with Crippen LogP contribution in [0.1, 0.15) is 25.3 Å². The highest BCUT2D eigenvalue weighted by Gasteiger charge is 2.15. The monoisotopic (exact) mass is 265 g/mol. The van der Waals surface area contributed by atoms with Crippen LogP contribution in [0.3, 0.4) is 0 Å². The highest BCUT2D eigenvalue weighted by atomic mass is 16.5. The molecule has 2 rings (SSSR count). The molecule has 1 aliphatic rings. The molecule has 1 aromatic carbocycles. The van der Waals surface area contributed by atoms with Gasteiger partial charge in [0.15, 0.2) is 0 Å². The van der Waals surface area contributed by atoms with E-state index in [1.54, 1.807) is 6.92 Å². The number of rotatable bonds is 7. The molecule has 2 atom stereocenters. The standard InChI is InChI=1S/C15H23NO3/c1-12(17)9-16-10-13-4-2-5-14(8-13)19-11-15-6-3-7-18-15/h2,4-5,8,12,15-17H,3,6-7,9-11H2,1H3. The van der Waals surface area contributed by atoms with Gasteiger partial charge in [0.25, 0.3) is 0 Å². The van der Waals surface area contributed by atoms with E-state index in [0.717, 1.165) is 37.3 Å². The minimum atomic E-state index is -0.320. The predicted octanol–water partition coefficient (Wildman–Crippen LogP) is 1.71. The van der Waals surface area contributed by atoms with E-state index in [-0.39, 0.29) is 12.2 Å². The van der Waals surface area contributed by atoms with E-state index in [2.05, 4.69) is 5.32 Å². The number of aliphatic hydroxyl groups excluding tert-OH is 1. The van der Waals surface area contributed by atoms with E-state index < -0.39 is 0 Å². The van der Waals surface area contributed by atoms with E-state index in [1.807, 2.05) is 24.3 Å². The lowest BCUT2D eigenvalue weighted by Crippen LogP contribution is -2.23. The van der Waals surface area contributed by atoms with Crippen LogP contribution in [-0.2, 0) is 11.3 Å². The van der Waals surface area contributed by atoms with E-state index in [9.17, 15) is 5.11 Å². The minimum absolute atomic E-state index is 0.247. The molecule has 106 valence electrons. The average molecular weight is 265 g/mol. The van der Waals surface area contributed by atoms with E-state index in [1.165, 1.54) is 0 Å². The number of nitrogens with one attached hydrogen (secondary N) is 1. The van der Waals surface area contributed by atoms with Gasteiger partial charge in [-0.05, 0) is 37.5 Å². The van der Waals surface area contributed by atoms with Crippen molar-refractivity contribution in [3.63, 3.8) is 0 Å². The van der Waals surface area contributed by atoms with Gasteiger partial charge < -0.3 is 19.9 Å². The molecule has 0 saturated carbocycles. The third-order valence-corrected chi connectivity index (χ3v) is 3.13. The van der Waals surface area contributed by atoms with Crippen molar-refractivity contribution in [2.45, 2.75) is 38.5 Å². The van der Waals surface area contributed by atoms with Crippen molar-refractivity contribution in [3.05, 3.63) is 29.8 Å². The zero-order valence-corrected chi connectivity index (χ0v) is 11.5. The number of benzene rings is 1. The molecule has 1 fully saturated rings. The predicted molar refractivity (Wildman–Crippen MR) is 74.3 cm³/mol. The molecule has 1 heterocycles. The van der Waals surface area contributed by atoms with Crippen molar-refractivity contribution in [2.75, 3.05) is 19.8 Å². The molecule has 0 aromatic heterocycles. The van der Waals surface area contributed by atoms with E-state index in [0.29, 0.717) is 13.2 Å². The van der Waals surface area contributed by atoms with Crippen LogP contribution in [0.5, 0.6) is 5.75 Å². The Bertz CT molecular complexity index is 375. The van der Waals surface area contributed by atoms with Crippen LogP contribution in [0.2, 0.25) is 0 Å². The first kappa shape index (κ1) is 14.3. The maximum atomic E-state index is 9.19. The lowest BCUT2D eigenvalue weighted by atomic mass is 10.2. The molecular formula is C15H23NO3. The van der Waals surface area contributed by atoms with Crippen LogP contribution >= 0.6 is 0 Å². The Morgan fingerprint density at radius 2 is 2.42 bits per heavy atom. The van der Waals surface area contributed by atoms with Crippen LogP contribution in [0, 0.1) is 0 Å². The summed E-state index contributed by atoms with van der Waals surface area (Å²) in [5.41, 5.74) is 1.16. The van der Waals surface area contributed by atoms with Crippen LogP contribution in [-0.4, -0.2) is 37.1 Å². The molecule has 1 saturated heterocycles. The minimum Gasteiger partial charge on any atom is -0.491 e. The molecule has 4 heteroatoms. The van der Waals surface area contributed by atoms with Crippen LogP contribution in [0.25, 0.3) is 0 Å². The van der Waals surface area contributed by atoms with Gasteiger partial charge >= 0.3 is 0 Å². The molecule has 19 heavy (non-hydrogen) atoms. The summed E-state index contributed by atoms with van der Waals surface area (Å²) in [7, 11) is 0. The van der Waals surface area contributed by atoms with Crippen molar-refractivity contribution in [2.24, 2.45) is 0 Å². The first-order valence-electron chi connectivity index (χ1n) is 6.96. The number of hydrogen-bond acceptors (Lipinski definition) is 4. The first-order valence-corrected chi connectivity index (χ1v) is 6.96. The van der Waals surface area contributed by atoms with Crippen LogP contribution in [0.15, 0.2) is 24.3 Å². The van der Waals surface area contributed by atoms with Crippen molar-refractivity contribution in [3.8, 4) is 5.75 Å². The molecule has 2 unspecified atom stereocenters. The molecule has 0 aliphatic carbocycles. The van der Waals surface area contributed by atoms with Gasteiger partial charge in [0.05, 0.1) is 12.2 Å². The SMILES string of the molecule is CC(O)CNCc1cccc(OCC2CCCO2)c1. The molecule has 0 radical (unpaired) electrons. The Balaban J connectivity index is 1.77. The molecule has 0 amide bonds. The molecule has 2 N–H and O–H groups in total. The van der Waals surface area contributed by atoms with Gasteiger partial charge in [-0.2, -0.15) is 0 Å². The van der Waals surface area contributed by atoms with Gasteiger partial charge in [-0.25, -0.2) is 0 Å². The number of hydrogen-bond donors (Lipinski definition) is 2. The summed E-state index contributed by atoms with van der Waals surface area (Å²) in [6, 6.07) is 8.04. The summed E-state index contributed by atoms with van der Waals surface area (Å²) in [6.45, 7) is 4.60. The Morgan fingerprint density at radius 3 is 3.16 bits per heavy atom. The summed E-state index contributed by atoms with van der Waals surface area (Å²) < 4.78 is 11.3. The maximum absolute atomic E-state index is 9.19. The largest absolute Gasteiger partial charge is 0.491 e. The summed E-state index contributed by atoms with van der Waals surface area (Å²) in [4.78, 5) is 0. The lowest BCUT2D eigenvalue weighted by molar-refractivity contribution is 0.0679. The molecule has 0 spiro atoms. The zero-order valence-electron chi connectivity index (χ0n) is 11.5. The Kier molecular flexibility index (Phi) is 5.63. The van der Waals surface area contributed by atoms with E-state index >= 15 is 0 Å². The second-order valence-corrected chi connectivity index (χ2v) is 5.07. The quantitative estimate of drug-likeness (QED) is 0.788. The van der Waals surface area contributed by atoms with Crippen LogP contribution in [0.4, 0.5) is 0 Å². The number of ether oxygens (including phenoxy) is 2. The van der Waals surface area contributed by atoms with Gasteiger partial charge in [-0.15, -0.1) is 0 Å². The van der Waals surface area contributed by atoms with Gasteiger partial charge in [0.2, 0.25) is 0 Å². The highest BCUT2D eigenvalue weighted by molar-refractivity contribution is 5.28. The van der Waals surface area contributed by atoms with E-state index in [4.69, 9.17) is 9.47 Å². The maximum Gasteiger partial charge on any atom is 0.119 e. The zero-order chi connectivity index (χ0) is 13.5. The van der Waals surface area contributed by atoms with Gasteiger partial charge in [0, 0.05) is 19.7 Å². The fourth-order valence-corrected chi connectivity index (χ4v) is 2.14. The topological polar surface area (TPSA) is 50.7 Å². The van der Waals surface area contributed by atoms with Crippen molar-refractivity contribution in [1.82, 2.24) is 5.32 Å². The van der Waals surface area contributed by atoms with Crippen molar-refractivity contribution < 1.29 is 14.6 Å². The summed E-state index contributed by atoms with van der Waals surface area (Å²) in [5, 5.41) is 12.4. The Hall–Kier alpha value is -1.10. The lowest BCUT2D eigenvalue weighted by Gasteiger charge is -2.12. The van der Waals surface area contributed by atoms with Crippen LogP contribution < -0.4 is 10.1 Å². The Morgan fingerprint density at radius 1 is 1.53 bits per heavy atom. The number of aliphatic hydroxyl groups is 1. The fraction of sp³-hybridized carbons (Fsp3) is 0.600. The highest BCUT2D eigenvalue weighted by Crippen LogP contribution is 2.17. The summed E-state index contributed by atoms with van der Waals surface area (Å²) in [5.74, 6) is 0.881. The first-order chi connectivity index (χ1) is 9.24. The van der Waals surface area contributed by atoms with Gasteiger partial charge in [0.1, 0.15) is 12.4 Å². The Labute approximate surface area is 114 Å². The fourth-order valence-electron chi connectivity index (χ4n) is 2.14. The molecule has 4 nitrogen and oxygen atoms in total. The normalized spacial score (nSPS) is 20.4. The summed E-state index contributed by atoms with van der Waals surface area (Å²) >= 11 is 0. The second-order valence-electron chi connectivity index (χ2n) is 5.07. The third-order valence-electron chi connectivity index (χ3n) is 3.13. The molecule has 1 aliphatic heterocycles. The molecular weight excluding hydrogens is 242 g/mol. The smallest absolute Gasteiger partial charge is 0.119 e. The average Bonchev–Trinajstić information content (AvgIpc) is 2.89. The molecule has 1 aromatic rings. The van der Waals surface area contributed by atoms with Gasteiger partial charge in [-0.1, -0.05) is 12.1 Å². The summed E-state index contributed by atoms with van der Waals surface area (Å²) in [6.07, 6.45) is 2.16.